The maximum absolute atomic E-state index is 11.4. The van der Waals surface area contributed by atoms with Gasteiger partial charge in [-0.25, -0.2) is 0 Å². The SMILES string of the molecule is CBc1cc2ccccc2[nH]c1=O. The highest BCUT2D eigenvalue weighted by atomic mass is 16.1. The number of para-hydroxylation sites is 1. The Labute approximate surface area is 76.8 Å². The summed E-state index contributed by atoms with van der Waals surface area (Å²) in [6.45, 7) is 1.99. The molecule has 2 aromatic rings. The highest BCUT2D eigenvalue weighted by molar-refractivity contribution is 6.52. The van der Waals surface area contributed by atoms with Gasteiger partial charge in [-0.15, -0.1) is 0 Å². The summed E-state index contributed by atoms with van der Waals surface area (Å²) < 4.78 is 0. The number of aromatic amines is 1. The number of hydrogen-bond acceptors (Lipinski definition) is 1. The molecule has 1 N–H and O–H groups in total. The second-order valence-electron chi connectivity index (χ2n) is 3.06. The molecule has 2 rings (SSSR count). The third kappa shape index (κ3) is 1.37. The van der Waals surface area contributed by atoms with Crippen LogP contribution in [0.15, 0.2) is 35.1 Å². The normalized spacial score (nSPS) is 10.2. The first-order chi connectivity index (χ1) is 6.31. The van der Waals surface area contributed by atoms with Gasteiger partial charge in [0.25, 0.3) is 0 Å². The van der Waals surface area contributed by atoms with Gasteiger partial charge >= 0.3 is 0 Å². The number of aromatic nitrogens is 1. The molecule has 64 valence electrons. The Bertz CT molecular complexity index is 489. The fourth-order valence-electron chi connectivity index (χ4n) is 1.46. The summed E-state index contributed by atoms with van der Waals surface area (Å²) in [7, 11) is 0.778. The van der Waals surface area contributed by atoms with Crippen LogP contribution < -0.4 is 11.0 Å². The molecule has 1 aromatic carbocycles. The van der Waals surface area contributed by atoms with Gasteiger partial charge in [0.05, 0.1) is 0 Å². The van der Waals surface area contributed by atoms with Gasteiger partial charge in [0.2, 0.25) is 5.56 Å². The van der Waals surface area contributed by atoms with Crippen LogP contribution in [-0.2, 0) is 0 Å². The van der Waals surface area contributed by atoms with E-state index in [1.54, 1.807) is 0 Å². The first-order valence-electron chi connectivity index (χ1n) is 4.42. The minimum Gasteiger partial charge on any atom is -0.322 e. The van der Waals surface area contributed by atoms with Crippen molar-refractivity contribution in [2.45, 2.75) is 6.82 Å². The van der Waals surface area contributed by atoms with Crippen LogP contribution >= 0.6 is 0 Å². The molecule has 0 saturated heterocycles. The highest BCUT2D eigenvalue weighted by Crippen LogP contribution is 2.05. The minimum absolute atomic E-state index is 0.0289. The maximum Gasteiger partial charge on any atom is 0.242 e. The van der Waals surface area contributed by atoms with E-state index < -0.39 is 0 Å². The Balaban J connectivity index is 2.81. The molecule has 0 aliphatic rings. The maximum atomic E-state index is 11.4. The molecule has 1 aromatic heterocycles. The van der Waals surface area contributed by atoms with Crippen molar-refractivity contribution in [2.75, 3.05) is 0 Å². The molecule has 0 atom stereocenters. The van der Waals surface area contributed by atoms with Crippen molar-refractivity contribution in [1.29, 1.82) is 0 Å². The fraction of sp³-hybridized carbons (Fsp3) is 0.100. The summed E-state index contributed by atoms with van der Waals surface area (Å²) in [4.78, 5) is 14.3. The lowest BCUT2D eigenvalue weighted by Gasteiger charge is -1.99. The number of benzene rings is 1. The van der Waals surface area contributed by atoms with Crippen molar-refractivity contribution >= 4 is 23.6 Å². The van der Waals surface area contributed by atoms with Gasteiger partial charge in [0, 0.05) is 5.52 Å². The zero-order valence-electron chi connectivity index (χ0n) is 7.50. The summed E-state index contributed by atoms with van der Waals surface area (Å²) in [6.07, 6.45) is 0. The fourth-order valence-corrected chi connectivity index (χ4v) is 1.46. The van der Waals surface area contributed by atoms with Gasteiger partial charge in [0.1, 0.15) is 0 Å². The average molecular weight is 171 g/mol. The number of nitrogens with one attached hydrogen (secondary N) is 1. The second-order valence-corrected chi connectivity index (χ2v) is 3.06. The molecule has 0 spiro atoms. The molecule has 0 bridgehead atoms. The molecular formula is C10H10BNO. The van der Waals surface area contributed by atoms with Gasteiger partial charge < -0.3 is 4.98 Å². The Morgan fingerprint density at radius 1 is 1.31 bits per heavy atom. The van der Waals surface area contributed by atoms with Gasteiger partial charge in [-0.2, -0.15) is 0 Å². The van der Waals surface area contributed by atoms with Crippen LogP contribution in [0, 0.1) is 0 Å². The lowest BCUT2D eigenvalue weighted by Crippen LogP contribution is -2.31. The molecule has 0 saturated carbocycles. The number of hydrogen-bond donors (Lipinski definition) is 1. The van der Waals surface area contributed by atoms with Crippen LogP contribution in [-0.4, -0.2) is 12.3 Å². The second kappa shape index (κ2) is 3.09. The molecule has 0 aliphatic carbocycles. The van der Waals surface area contributed by atoms with Crippen LogP contribution in [0.1, 0.15) is 0 Å². The summed E-state index contributed by atoms with van der Waals surface area (Å²) in [5.74, 6) is 0. The zero-order valence-corrected chi connectivity index (χ0v) is 7.50. The van der Waals surface area contributed by atoms with Gasteiger partial charge in [-0.3, -0.25) is 4.79 Å². The van der Waals surface area contributed by atoms with Gasteiger partial charge in [-0.1, -0.05) is 31.1 Å². The molecule has 0 aliphatic heterocycles. The van der Waals surface area contributed by atoms with E-state index in [1.807, 2.05) is 37.2 Å². The molecule has 0 radical (unpaired) electrons. The highest BCUT2D eigenvalue weighted by Gasteiger charge is 1.99. The van der Waals surface area contributed by atoms with Crippen LogP contribution in [0.25, 0.3) is 10.9 Å². The quantitative estimate of drug-likeness (QED) is 0.627. The summed E-state index contributed by atoms with van der Waals surface area (Å²) in [5, 5.41) is 1.10. The Morgan fingerprint density at radius 3 is 2.85 bits per heavy atom. The Morgan fingerprint density at radius 2 is 2.08 bits per heavy atom. The van der Waals surface area contributed by atoms with Crippen LogP contribution in [0.5, 0.6) is 0 Å². The van der Waals surface area contributed by atoms with Crippen molar-refractivity contribution in [2.24, 2.45) is 0 Å². The van der Waals surface area contributed by atoms with Crippen LogP contribution in [0.2, 0.25) is 6.82 Å². The van der Waals surface area contributed by atoms with Crippen LogP contribution in [0.4, 0.5) is 0 Å². The summed E-state index contributed by atoms with van der Waals surface area (Å²) >= 11 is 0. The predicted molar refractivity (Wildman–Crippen MR) is 57.2 cm³/mol. The third-order valence-corrected chi connectivity index (χ3v) is 2.21. The molecule has 0 amide bonds. The number of rotatable bonds is 1. The van der Waals surface area contributed by atoms with Gasteiger partial charge in [0.15, 0.2) is 7.28 Å². The van der Waals surface area contributed by atoms with E-state index in [-0.39, 0.29) is 5.56 Å². The van der Waals surface area contributed by atoms with Gasteiger partial charge in [-0.05, 0) is 16.9 Å². The lowest BCUT2D eigenvalue weighted by atomic mass is 9.74. The van der Waals surface area contributed by atoms with Crippen LogP contribution in [0.3, 0.4) is 0 Å². The van der Waals surface area contributed by atoms with E-state index >= 15 is 0 Å². The van der Waals surface area contributed by atoms with E-state index in [0.717, 1.165) is 23.6 Å². The van der Waals surface area contributed by atoms with Crippen molar-refractivity contribution in [1.82, 2.24) is 4.98 Å². The zero-order chi connectivity index (χ0) is 9.26. The largest absolute Gasteiger partial charge is 0.322 e. The predicted octanol–water partition coefficient (Wildman–Crippen LogP) is 0.638. The smallest absolute Gasteiger partial charge is 0.242 e. The van der Waals surface area contributed by atoms with Crippen molar-refractivity contribution in [3.8, 4) is 0 Å². The van der Waals surface area contributed by atoms with Crippen molar-refractivity contribution in [3.05, 3.63) is 40.7 Å². The standard InChI is InChI=1S/C10H10BNO/c1-11-8-6-7-4-2-3-5-9(7)12-10(8)13/h2-6,11H,1H3,(H,12,13). The van der Waals surface area contributed by atoms with Crippen molar-refractivity contribution < 1.29 is 0 Å². The molecule has 0 unspecified atom stereocenters. The Kier molecular flexibility index (Phi) is 1.93. The third-order valence-electron chi connectivity index (χ3n) is 2.21. The number of pyridine rings is 1. The number of H-pyrrole nitrogens is 1. The van der Waals surface area contributed by atoms with E-state index in [4.69, 9.17) is 0 Å². The molecule has 0 fully saturated rings. The van der Waals surface area contributed by atoms with E-state index in [9.17, 15) is 4.79 Å². The molecule has 1 heterocycles. The topological polar surface area (TPSA) is 32.9 Å². The van der Waals surface area contributed by atoms with E-state index in [0.29, 0.717) is 0 Å². The number of fused-ring (bicyclic) bond motifs is 1. The molecule has 2 nitrogen and oxygen atoms in total. The monoisotopic (exact) mass is 171 g/mol. The van der Waals surface area contributed by atoms with Crippen molar-refractivity contribution in [3.63, 3.8) is 0 Å². The minimum atomic E-state index is 0.0289. The first-order valence-corrected chi connectivity index (χ1v) is 4.42. The molecular weight excluding hydrogens is 161 g/mol. The Hall–Kier alpha value is -1.51. The van der Waals surface area contributed by atoms with E-state index in [2.05, 4.69) is 4.98 Å². The summed E-state index contributed by atoms with van der Waals surface area (Å²) in [6, 6.07) is 9.76. The molecule has 3 heteroatoms. The lowest BCUT2D eigenvalue weighted by molar-refractivity contribution is 1.33. The average Bonchev–Trinajstić information content (AvgIpc) is 2.17. The summed E-state index contributed by atoms with van der Waals surface area (Å²) in [5.41, 5.74) is 1.78. The van der Waals surface area contributed by atoms with E-state index in [1.165, 1.54) is 0 Å². The first kappa shape index (κ1) is 8.11. The molecule has 13 heavy (non-hydrogen) atoms.